The van der Waals surface area contributed by atoms with Gasteiger partial charge in [0.1, 0.15) is 23.3 Å². The van der Waals surface area contributed by atoms with Gasteiger partial charge in [0, 0.05) is 19.0 Å². The number of hydrazine groups is 1. The molecule has 5 rings (SSSR count). The summed E-state index contributed by atoms with van der Waals surface area (Å²) in [6.07, 6.45) is -1.61. The van der Waals surface area contributed by atoms with Crippen LogP contribution in [0.4, 0.5) is 10.6 Å². The Morgan fingerprint density at radius 3 is 2.24 bits per heavy atom. The number of nitrogens with two attached hydrogens (primary N) is 1. The van der Waals surface area contributed by atoms with Gasteiger partial charge in [-0.15, -0.1) is 0 Å². The van der Waals surface area contributed by atoms with Gasteiger partial charge in [0.15, 0.2) is 11.5 Å². The Kier molecular flexibility index (Phi) is 9.32. The van der Waals surface area contributed by atoms with Crippen LogP contribution >= 0.6 is 0 Å². The van der Waals surface area contributed by atoms with Crippen LogP contribution in [0.5, 0.6) is 0 Å². The van der Waals surface area contributed by atoms with E-state index in [1.54, 1.807) is 32.3 Å². The third-order valence-electron chi connectivity index (χ3n) is 7.80. The topological polar surface area (TPSA) is 181 Å². The van der Waals surface area contributed by atoms with E-state index in [4.69, 9.17) is 10.6 Å². The average molecular weight is 617 g/mol. The summed E-state index contributed by atoms with van der Waals surface area (Å²) in [5.74, 6) is 5.47. The Balaban J connectivity index is 1.49. The van der Waals surface area contributed by atoms with Gasteiger partial charge in [0.05, 0.1) is 18.4 Å². The number of carbonyl (C=O) groups is 2. The lowest BCUT2D eigenvalue weighted by Gasteiger charge is -2.23. The molecule has 2 amide bonds. The third-order valence-corrected chi connectivity index (χ3v) is 7.80. The predicted octanol–water partition coefficient (Wildman–Crippen LogP) is 2.97. The Labute approximate surface area is 261 Å². The number of fused-ring (bicyclic) bond motifs is 1. The molecule has 4 atom stereocenters. The van der Waals surface area contributed by atoms with E-state index in [1.807, 2.05) is 36.4 Å². The monoisotopic (exact) mass is 616 g/mol. The van der Waals surface area contributed by atoms with Crippen molar-refractivity contribution < 1.29 is 24.5 Å². The van der Waals surface area contributed by atoms with Gasteiger partial charge in [0.25, 0.3) is 0 Å². The van der Waals surface area contributed by atoms with Crippen LogP contribution in [0.25, 0.3) is 11.2 Å². The minimum Gasteiger partial charge on any atom is -0.444 e. The number of hydrogen-bond acceptors (Lipinski definition) is 10. The van der Waals surface area contributed by atoms with Crippen molar-refractivity contribution in [2.45, 2.75) is 69.9 Å². The second-order valence-electron chi connectivity index (χ2n) is 12.1. The van der Waals surface area contributed by atoms with E-state index < -0.39 is 41.9 Å². The lowest BCUT2D eigenvalue weighted by Crippen LogP contribution is -2.45. The smallest absolute Gasteiger partial charge is 0.407 e. The maximum absolute atomic E-state index is 13.2. The number of imidazole rings is 1. The van der Waals surface area contributed by atoms with E-state index in [9.17, 15) is 19.8 Å². The summed E-state index contributed by atoms with van der Waals surface area (Å²) in [5, 5.41) is 29.0. The number of nitrogens with one attached hydrogen (secondary N) is 2. The molecule has 0 unspecified atom stereocenters. The van der Waals surface area contributed by atoms with Gasteiger partial charge in [-0.3, -0.25) is 9.80 Å². The highest BCUT2D eigenvalue weighted by molar-refractivity contribution is 5.94. The van der Waals surface area contributed by atoms with Gasteiger partial charge < -0.3 is 30.2 Å². The molecule has 6 N–H and O–H groups in total. The van der Waals surface area contributed by atoms with Crippen molar-refractivity contribution in [3.63, 3.8) is 0 Å². The van der Waals surface area contributed by atoms with Gasteiger partial charge in [0.2, 0.25) is 5.82 Å². The van der Waals surface area contributed by atoms with E-state index >= 15 is 0 Å². The van der Waals surface area contributed by atoms with Crippen molar-refractivity contribution in [2.24, 2.45) is 5.84 Å². The van der Waals surface area contributed by atoms with E-state index in [0.29, 0.717) is 17.9 Å². The zero-order valence-electron chi connectivity index (χ0n) is 25.8. The fourth-order valence-corrected chi connectivity index (χ4v) is 5.53. The molecule has 0 saturated heterocycles. The van der Waals surface area contributed by atoms with Crippen LogP contribution in [-0.2, 0) is 4.74 Å². The number of aliphatic hydroxyl groups excluding tert-OH is 2. The molecule has 238 valence electrons. The third kappa shape index (κ3) is 7.06. The summed E-state index contributed by atoms with van der Waals surface area (Å²) in [4.78, 5) is 39.2. The molecule has 0 spiro atoms. The maximum atomic E-state index is 13.2. The van der Waals surface area contributed by atoms with E-state index in [2.05, 4.69) is 49.9 Å². The Hall–Kier alpha value is -4.59. The molecule has 4 aromatic rings. The number of ether oxygens (including phenoxy) is 1. The molecule has 2 heterocycles. The molecule has 2 aromatic carbocycles. The minimum atomic E-state index is -1.28. The fourth-order valence-electron chi connectivity index (χ4n) is 5.53. The Morgan fingerprint density at radius 1 is 1.04 bits per heavy atom. The molecule has 2 aromatic heterocycles. The lowest BCUT2D eigenvalue weighted by molar-refractivity contribution is 0.00906. The molecule has 13 nitrogen and oxygen atoms in total. The number of nitrogens with zero attached hydrogens (tertiary/aromatic N) is 5. The zero-order chi connectivity index (χ0) is 32.3. The highest BCUT2D eigenvalue weighted by Gasteiger charge is 2.44. The largest absolute Gasteiger partial charge is 0.444 e. The van der Waals surface area contributed by atoms with Crippen LogP contribution in [0.15, 0.2) is 67.0 Å². The molecule has 45 heavy (non-hydrogen) atoms. The van der Waals surface area contributed by atoms with Crippen molar-refractivity contribution in [3.8, 4) is 0 Å². The first-order valence-electron chi connectivity index (χ1n) is 15.0. The number of benzene rings is 2. The van der Waals surface area contributed by atoms with Gasteiger partial charge in [-0.05, 0) is 45.2 Å². The number of aliphatic hydroxyl groups is 2. The molecule has 1 aliphatic rings. The normalized spacial score (nSPS) is 19.9. The van der Waals surface area contributed by atoms with Crippen LogP contribution in [-0.4, -0.2) is 83.7 Å². The van der Waals surface area contributed by atoms with Crippen LogP contribution in [0.3, 0.4) is 0 Å². The van der Waals surface area contributed by atoms with Crippen molar-refractivity contribution in [2.75, 3.05) is 18.4 Å². The minimum absolute atomic E-state index is 0.0493. The van der Waals surface area contributed by atoms with Crippen LogP contribution in [0, 0.1) is 0 Å². The maximum Gasteiger partial charge on any atom is 0.407 e. The Morgan fingerprint density at radius 2 is 1.67 bits per heavy atom. The number of hydrogen-bond donors (Lipinski definition) is 5. The number of anilines is 1. The first-order chi connectivity index (χ1) is 21.5. The molecular weight excluding hydrogens is 576 g/mol. The number of amides is 2. The fraction of sp³-hybridized carbons (Fsp3) is 0.406. The molecule has 1 aliphatic carbocycles. The SMILES string of the molecule is CCN(N)C(=O)c1nc(NCC(c2ccccc2)c2ccccc2)c2ncn([C@@H]3C[C@H](NC(=O)OC(C)(C)C)[C@@H](O)[C@H]3O)c2n1. The zero-order valence-corrected chi connectivity index (χ0v) is 25.8. The van der Waals surface area contributed by atoms with Gasteiger partial charge in [-0.25, -0.2) is 25.6 Å². The number of carbonyl (C=O) groups excluding carboxylic acids is 2. The molecule has 0 aliphatic heterocycles. The summed E-state index contributed by atoms with van der Waals surface area (Å²) < 4.78 is 6.93. The van der Waals surface area contributed by atoms with E-state index in [0.717, 1.165) is 16.1 Å². The highest BCUT2D eigenvalue weighted by Crippen LogP contribution is 2.35. The van der Waals surface area contributed by atoms with E-state index in [1.165, 1.54) is 6.33 Å². The van der Waals surface area contributed by atoms with Crippen LogP contribution in [0.2, 0.25) is 0 Å². The highest BCUT2D eigenvalue weighted by atomic mass is 16.6. The second-order valence-corrected chi connectivity index (χ2v) is 12.1. The lowest BCUT2D eigenvalue weighted by atomic mass is 9.91. The van der Waals surface area contributed by atoms with Crippen LogP contribution < -0.4 is 16.5 Å². The molecule has 13 heteroatoms. The first kappa shape index (κ1) is 31.8. The predicted molar refractivity (Wildman–Crippen MR) is 168 cm³/mol. The van der Waals surface area contributed by atoms with Crippen molar-refractivity contribution in [1.29, 1.82) is 0 Å². The number of aromatic nitrogens is 4. The average Bonchev–Trinajstić information content (AvgIpc) is 3.56. The van der Waals surface area contributed by atoms with Crippen molar-refractivity contribution >= 4 is 29.0 Å². The standard InChI is InChI=1S/C32H40N8O5/c1-5-40(33)30(43)28-37-27(34-17-21(19-12-8-6-9-13-19)20-14-10-7-11-15-20)24-29(38-28)39(18-35-24)23-16-22(25(41)26(23)42)36-31(44)45-32(2,3)4/h6-15,18,21-23,25-26,41-42H,5,16-17,33H2,1-4H3,(H,36,44)(H,34,37,38)/t22-,23+,25+,26-/m0/s1. The Bertz CT molecular complexity index is 1590. The number of alkyl carbamates (subject to hydrolysis) is 1. The molecule has 1 fully saturated rings. The molecular formula is C32H40N8O5. The van der Waals surface area contributed by atoms with E-state index in [-0.39, 0.29) is 30.4 Å². The molecule has 1 saturated carbocycles. The number of rotatable bonds is 9. The van der Waals surface area contributed by atoms with Gasteiger partial charge in [-0.1, -0.05) is 60.7 Å². The first-order valence-corrected chi connectivity index (χ1v) is 15.0. The summed E-state index contributed by atoms with van der Waals surface area (Å²) in [7, 11) is 0. The van der Waals surface area contributed by atoms with Crippen molar-refractivity contribution in [3.05, 3.63) is 83.9 Å². The summed E-state index contributed by atoms with van der Waals surface area (Å²) in [6, 6.07) is 18.6. The van der Waals surface area contributed by atoms with Gasteiger partial charge in [-0.2, -0.15) is 0 Å². The quantitative estimate of drug-likeness (QED) is 0.107. The summed E-state index contributed by atoms with van der Waals surface area (Å²) >= 11 is 0. The molecule has 0 radical (unpaired) electrons. The summed E-state index contributed by atoms with van der Waals surface area (Å²) in [5.41, 5.74) is 2.09. The summed E-state index contributed by atoms with van der Waals surface area (Å²) in [6.45, 7) is 7.60. The van der Waals surface area contributed by atoms with Crippen molar-refractivity contribution in [1.82, 2.24) is 29.8 Å². The molecule has 0 bridgehead atoms. The van der Waals surface area contributed by atoms with Crippen LogP contribution in [0.1, 0.15) is 67.8 Å². The second kappa shape index (κ2) is 13.2. The van der Waals surface area contributed by atoms with Gasteiger partial charge >= 0.3 is 12.0 Å².